The van der Waals surface area contributed by atoms with Gasteiger partial charge in [0.25, 0.3) is 0 Å². The molecule has 17 heavy (non-hydrogen) atoms. The van der Waals surface area contributed by atoms with Crippen molar-refractivity contribution in [3.05, 3.63) is 51.9 Å². The molecule has 0 amide bonds. The minimum Gasteiger partial charge on any atom is -0.438 e. The van der Waals surface area contributed by atoms with E-state index in [0.29, 0.717) is 11.6 Å². The molecule has 0 atom stereocenters. The molecule has 0 spiro atoms. The van der Waals surface area contributed by atoms with E-state index in [4.69, 9.17) is 4.74 Å². The second kappa shape index (κ2) is 4.84. The third-order valence-corrected chi connectivity index (χ3v) is 3.36. The van der Waals surface area contributed by atoms with E-state index in [2.05, 4.69) is 20.9 Å². The van der Waals surface area contributed by atoms with Crippen LogP contribution in [0.25, 0.3) is 0 Å². The molecule has 0 aliphatic carbocycles. The third-order valence-electron chi connectivity index (χ3n) is 2.39. The lowest BCUT2D eigenvalue weighted by Crippen LogP contribution is -1.93. The van der Waals surface area contributed by atoms with Crippen LogP contribution in [0.5, 0.6) is 11.6 Å². The van der Waals surface area contributed by atoms with E-state index in [1.807, 2.05) is 13.0 Å². The first kappa shape index (κ1) is 12.0. The lowest BCUT2D eigenvalue weighted by atomic mass is 10.2. The van der Waals surface area contributed by atoms with Crippen LogP contribution in [0.4, 0.5) is 4.39 Å². The van der Waals surface area contributed by atoms with Gasteiger partial charge < -0.3 is 4.74 Å². The Bertz CT molecular complexity index is 557. The quantitative estimate of drug-likeness (QED) is 0.820. The predicted molar refractivity (Wildman–Crippen MR) is 67.9 cm³/mol. The Morgan fingerprint density at radius 1 is 1.18 bits per heavy atom. The van der Waals surface area contributed by atoms with Crippen molar-refractivity contribution in [2.75, 3.05) is 0 Å². The van der Waals surface area contributed by atoms with Crippen molar-refractivity contribution in [3.8, 4) is 11.6 Å². The van der Waals surface area contributed by atoms with Crippen LogP contribution in [0.3, 0.4) is 0 Å². The zero-order valence-electron chi connectivity index (χ0n) is 9.50. The van der Waals surface area contributed by atoms with Gasteiger partial charge in [-0.25, -0.2) is 9.37 Å². The molecule has 0 aliphatic rings. The largest absolute Gasteiger partial charge is 0.438 e. The first-order valence-corrected chi connectivity index (χ1v) is 5.92. The summed E-state index contributed by atoms with van der Waals surface area (Å²) in [6.45, 7) is 3.75. The molecule has 0 bridgehead atoms. The highest BCUT2D eigenvalue weighted by Crippen LogP contribution is 2.31. The van der Waals surface area contributed by atoms with Gasteiger partial charge in [0.15, 0.2) is 0 Å². The Hall–Kier alpha value is -1.42. The summed E-state index contributed by atoms with van der Waals surface area (Å²) in [7, 11) is 0. The summed E-state index contributed by atoms with van der Waals surface area (Å²) >= 11 is 3.42. The number of rotatable bonds is 2. The Balaban J connectivity index is 2.35. The van der Waals surface area contributed by atoms with Crippen molar-refractivity contribution in [1.29, 1.82) is 0 Å². The summed E-state index contributed by atoms with van der Waals surface area (Å²) in [5.41, 5.74) is 1.77. The molecule has 2 aromatic rings. The van der Waals surface area contributed by atoms with Gasteiger partial charge in [-0.15, -0.1) is 0 Å². The number of nitrogens with zero attached hydrogens (tertiary/aromatic N) is 1. The highest BCUT2D eigenvalue weighted by molar-refractivity contribution is 9.10. The molecule has 2 nitrogen and oxygen atoms in total. The van der Waals surface area contributed by atoms with E-state index in [1.165, 1.54) is 12.1 Å². The number of hydrogen-bond donors (Lipinski definition) is 0. The molecule has 1 heterocycles. The minimum atomic E-state index is -0.272. The smallest absolute Gasteiger partial charge is 0.233 e. The molecular weight excluding hydrogens is 285 g/mol. The average Bonchev–Trinajstić information content (AvgIpc) is 2.28. The third kappa shape index (κ3) is 2.64. The number of halogens is 2. The zero-order valence-corrected chi connectivity index (χ0v) is 11.1. The maximum atomic E-state index is 12.9. The summed E-state index contributed by atoms with van der Waals surface area (Å²) in [6.07, 6.45) is 1.67. The van der Waals surface area contributed by atoms with Crippen LogP contribution in [0.1, 0.15) is 11.1 Å². The van der Waals surface area contributed by atoms with Crippen LogP contribution >= 0.6 is 15.9 Å². The number of aryl methyl sites for hydroxylation is 2. The Kier molecular flexibility index (Phi) is 3.43. The van der Waals surface area contributed by atoms with Crippen molar-refractivity contribution in [1.82, 2.24) is 4.98 Å². The van der Waals surface area contributed by atoms with Crippen molar-refractivity contribution in [2.24, 2.45) is 0 Å². The van der Waals surface area contributed by atoms with Gasteiger partial charge in [0, 0.05) is 6.20 Å². The fourth-order valence-electron chi connectivity index (χ4n) is 1.42. The fraction of sp³-hybridized carbons (Fsp3) is 0.154. The highest BCUT2D eigenvalue weighted by Gasteiger charge is 2.08. The Labute approximate surface area is 108 Å². The fourth-order valence-corrected chi connectivity index (χ4v) is 1.73. The molecule has 0 radical (unpaired) electrons. The van der Waals surface area contributed by atoms with Gasteiger partial charge in [0.1, 0.15) is 11.6 Å². The van der Waals surface area contributed by atoms with E-state index < -0.39 is 0 Å². The molecule has 0 saturated carbocycles. The van der Waals surface area contributed by atoms with Gasteiger partial charge in [-0.2, -0.15) is 0 Å². The van der Waals surface area contributed by atoms with E-state index in [-0.39, 0.29) is 5.82 Å². The second-order valence-electron chi connectivity index (χ2n) is 3.76. The number of hydrogen-bond acceptors (Lipinski definition) is 2. The normalized spacial score (nSPS) is 10.4. The van der Waals surface area contributed by atoms with Crippen molar-refractivity contribution >= 4 is 15.9 Å². The number of pyridine rings is 1. The van der Waals surface area contributed by atoms with Crippen LogP contribution in [-0.4, -0.2) is 4.98 Å². The first-order valence-electron chi connectivity index (χ1n) is 5.13. The van der Waals surface area contributed by atoms with Crippen LogP contribution in [-0.2, 0) is 0 Å². The average molecular weight is 296 g/mol. The van der Waals surface area contributed by atoms with E-state index >= 15 is 0 Å². The molecule has 0 N–H and O–H groups in total. The molecular formula is C13H11BrFNO. The van der Waals surface area contributed by atoms with E-state index in [1.54, 1.807) is 19.2 Å². The Morgan fingerprint density at radius 2 is 1.94 bits per heavy atom. The van der Waals surface area contributed by atoms with E-state index in [0.717, 1.165) is 15.6 Å². The monoisotopic (exact) mass is 295 g/mol. The predicted octanol–water partition coefficient (Wildman–Crippen LogP) is 4.39. The van der Waals surface area contributed by atoms with Gasteiger partial charge in [0.05, 0.1) is 4.47 Å². The van der Waals surface area contributed by atoms with Crippen LogP contribution in [0.15, 0.2) is 34.9 Å². The molecule has 0 unspecified atom stereocenters. The lowest BCUT2D eigenvalue weighted by molar-refractivity contribution is 0.454. The summed E-state index contributed by atoms with van der Waals surface area (Å²) in [4.78, 5) is 4.14. The minimum absolute atomic E-state index is 0.272. The van der Waals surface area contributed by atoms with Gasteiger partial charge in [-0.3, -0.25) is 0 Å². The van der Waals surface area contributed by atoms with Crippen molar-refractivity contribution in [2.45, 2.75) is 13.8 Å². The second-order valence-corrected chi connectivity index (χ2v) is 4.55. The summed E-state index contributed by atoms with van der Waals surface area (Å²) < 4.78 is 19.4. The van der Waals surface area contributed by atoms with Crippen LogP contribution < -0.4 is 4.74 Å². The lowest BCUT2D eigenvalue weighted by Gasteiger charge is -2.10. The summed E-state index contributed by atoms with van der Waals surface area (Å²) in [6, 6.07) is 6.28. The highest BCUT2D eigenvalue weighted by atomic mass is 79.9. The first-order chi connectivity index (χ1) is 8.08. The van der Waals surface area contributed by atoms with Crippen molar-refractivity contribution < 1.29 is 9.13 Å². The van der Waals surface area contributed by atoms with Gasteiger partial charge >= 0.3 is 0 Å². The summed E-state index contributed by atoms with van der Waals surface area (Å²) in [5.74, 6) is 0.816. The molecule has 0 fully saturated rings. The number of benzene rings is 1. The standard InChI is InChI=1S/C13H11BrFNO/c1-8-5-6-16-13(12(8)14)17-11-4-3-10(15)7-9(11)2/h3-7H,1-2H3. The Morgan fingerprint density at radius 3 is 2.65 bits per heavy atom. The van der Waals surface area contributed by atoms with Crippen LogP contribution in [0, 0.1) is 19.7 Å². The zero-order chi connectivity index (χ0) is 12.4. The molecule has 0 saturated heterocycles. The molecule has 2 rings (SSSR count). The SMILES string of the molecule is Cc1cc(F)ccc1Oc1nccc(C)c1Br. The van der Waals surface area contributed by atoms with Gasteiger partial charge in [-0.1, -0.05) is 0 Å². The molecule has 1 aromatic heterocycles. The van der Waals surface area contributed by atoms with Crippen molar-refractivity contribution in [3.63, 3.8) is 0 Å². The van der Waals surface area contributed by atoms with Gasteiger partial charge in [-0.05, 0) is 65.2 Å². The molecule has 1 aromatic carbocycles. The maximum absolute atomic E-state index is 12.9. The molecule has 0 aliphatic heterocycles. The number of aromatic nitrogens is 1. The van der Waals surface area contributed by atoms with E-state index in [9.17, 15) is 4.39 Å². The molecule has 88 valence electrons. The maximum Gasteiger partial charge on any atom is 0.233 e. The van der Waals surface area contributed by atoms with Gasteiger partial charge in [0.2, 0.25) is 5.88 Å². The summed E-state index contributed by atoms with van der Waals surface area (Å²) in [5, 5.41) is 0. The number of ether oxygens (including phenoxy) is 1. The van der Waals surface area contributed by atoms with Crippen LogP contribution in [0.2, 0.25) is 0 Å². The topological polar surface area (TPSA) is 22.1 Å². The molecule has 4 heteroatoms.